The maximum absolute atomic E-state index is 5.89. The van der Waals surface area contributed by atoms with Crippen molar-refractivity contribution in [2.75, 3.05) is 31.8 Å². The third-order valence-electron chi connectivity index (χ3n) is 3.73. The van der Waals surface area contributed by atoms with Crippen LogP contribution in [0.1, 0.15) is 32.1 Å². The molecule has 2 nitrogen and oxygen atoms in total. The molecule has 1 atom stereocenters. The SMILES string of the molecule is BrCC1(COCC2CCOC2)CCCC1. The molecule has 1 saturated carbocycles. The van der Waals surface area contributed by atoms with E-state index in [0.717, 1.165) is 31.8 Å². The predicted molar refractivity (Wildman–Crippen MR) is 64.4 cm³/mol. The van der Waals surface area contributed by atoms with Crippen LogP contribution in [0.2, 0.25) is 0 Å². The van der Waals surface area contributed by atoms with Crippen molar-refractivity contribution in [1.29, 1.82) is 0 Å². The van der Waals surface area contributed by atoms with Gasteiger partial charge in [-0.25, -0.2) is 0 Å². The molecule has 2 rings (SSSR count). The highest BCUT2D eigenvalue weighted by Crippen LogP contribution is 2.39. The minimum atomic E-state index is 0.444. The van der Waals surface area contributed by atoms with Gasteiger partial charge in [0, 0.05) is 23.3 Å². The molecule has 0 aromatic heterocycles. The van der Waals surface area contributed by atoms with Crippen LogP contribution in [-0.2, 0) is 9.47 Å². The first kappa shape index (κ1) is 11.9. The molecule has 0 amide bonds. The summed E-state index contributed by atoms with van der Waals surface area (Å²) in [4.78, 5) is 0. The van der Waals surface area contributed by atoms with Gasteiger partial charge in [-0.1, -0.05) is 28.8 Å². The molecule has 0 aromatic carbocycles. The summed E-state index contributed by atoms with van der Waals surface area (Å²) in [5.41, 5.74) is 0.444. The Balaban J connectivity index is 1.67. The third-order valence-corrected chi connectivity index (χ3v) is 4.92. The molecule has 1 heterocycles. The number of rotatable bonds is 5. The van der Waals surface area contributed by atoms with Gasteiger partial charge in [0.2, 0.25) is 0 Å². The fraction of sp³-hybridized carbons (Fsp3) is 1.00. The van der Waals surface area contributed by atoms with E-state index in [9.17, 15) is 0 Å². The van der Waals surface area contributed by atoms with Crippen molar-refractivity contribution in [2.45, 2.75) is 32.1 Å². The van der Waals surface area contributed by atoms with E-state index >= 15 is 0 Å². The van der Waals surface area contributed by atoms with E-state index in [2.05, 4.69) is 15.9 Å². The van der Waals surface area contributed by atoms with E-state index in [1.165, 1.54) is 32.1 Å². The molecule has 0 radical (unpaired) electrons. The van der Waals surface area contributed by atoms with Crippen LogP contribution in [0.15, 0.2) is 0 Å². The zero-order chi connectivity index (χ0) is 10.6. The van der Waals surface area contributed by atoms with Crippen molar-refractivity contribution >= 4 is 15.9 Å². The summed E-state index contributed by atoms with van der Waals surface area (Å²) in [6.45, 7) is 3.67. The van der Waals surface area contributed by atoms with Crippen LogP contribution in [0, 0.1) is 11.3 Å². The van der Waals surface area contributed by atoms with Crippen LogP contribution < -0.4 is 0 Å². The average Bonchev–Trinajstić information content (AvgIpc) is 2.89. The largest absolute Gasteiger partial charge is 0.381 e. The number of halogens is 1. The van der Waals surface area contributed by atoms with Gasteiger partial charge in [0.25, 0.3) is 0 Å². The Labute approximate surface area is 101 Å². The van der Waals surface area contributed by atoms with Gasteiger partial charge in [-0.05, 0) is 19.3 Å². The summed E-state index contributed by atoms with van der Waals surface area (Å²) in [7, 11) is 0. The summed E-state index contributed by atoms with van der Waals surface area (Å²) < 4.78 is 11.2. The molecular formula is C12H21BrO2. The van der Waals surface area contributed by atoms with Gasteiger partial charge in [-0.2, -0.15) is 0 Å². The Morgan fingerprint density at radius 2 is 2.13 bits per heavy atom. The molecule has 1 aliphatic carbocycles. The third kappa shape index (κ3) is 3.18. The maximum atomic E-state index is 5.89. The summed E-state index contributed by atoms with van der Waals surface area (Å²) in [6.07, 6.45) is 6.60. The lowest BCUT2D eigenvalue weighted by atomic mass is 9.90. The standard InChI is InChI=1S/C12H21BrO2/c13-9-12(4-1-2-5-12)10-15-8-11-3-6-14-7-11/h11H,1-10H2. The average molecular weight is 277 g/mol. The molecule has 2 fully saturated rings. The van der Waals surface area contributed by atoms with Gasteiger partial charge in [-0.15, -0.1) is 0 Å². The van der Waals surface area contributed by atoms with E-state index in [1.54, 1.807) is 0 Å². The van der Waals surface area contributed by atoms with Gasteiger partial charge in [0.1, 0.15) is 0 Å². The van der Waals surface area contributed by atoms with E-state index in [1.807, 2.05) is 0 Å². The fourth-order valence-electron chi connectivity index (χ4n) is 2.60. The lowest BCUT2D eigenvalue weighted by Gasteiger charge is -2.26. The fourth-order valence-corrected chi connectivity index (χ4v) is 3.32. The quantitative estimate of drug-likeness (QED) is 0.719. The molecule has 0 aromatic rings. The molecule has 3 heteroatoms. The highest BCUT2D eigenvalue weighted by Gasteiger charge is 2.33. The topological polar surface area (TPSA) is 18.5 Å². The molecular weight excluding hydrogens is 256 g/mol. The van der Waals surface area contributed by atoms with Crippen LogP contribution >= 0.6 is 15.9 Å². The Morgan fingerprint density at radius 1 is 1.33 bits per heavy atom. The first-order valence-electron chi connectivity index (χ1n) is 6.06. The van der Waals surface area contributed by atoms with Gasteiger partial charge in [0.05, 0.1) is 19.8 Å². The summed E-state index contributed by atoms with van der Waals surface area (Å²) in [5, 5.41) is 1.10. The predicted octanol–water partition coefficient (Wildman–Crippen LogP) is 2.99. The lowest BCUT2D eigenvalue weighted by Crippen LogP contribution is -2.26. The molecule has 1 aliphatic heterocycles. The number of ether oxygens (including phenoxy) is 2. The van der Waals surface area contributed by atoms with E-state index < -0.39 is 0 Å². The molecule has 1 unspecified atom stereocenters. The van der Waals surface area contributed by atoms with Crippen LogP contribution in [0.4, 0.5) is 0 Å². The van der Waals surface area contributed by atoms with Crippen molar-refractivity contribution in [2.24, 2.45) is 11.3 Å². The van der Waals surface area contributed by atoms with Crippen LogP contribution in [0.3, 0.4) is 0 Å². The molecule has 0 N–H and O–H groups in total. The van der Waals surface area contributed by atoms with Crippen molar-refractivity contribution in [3.63, 3.8) is 0 Å². The zero-order valence-corrected chi connectivity index (χ0v) is 10.9. The van der Waals surface area contributed by atoms with E-state index in [0.29, 0.717) is 11.3 Å². The minimum absolute atomic E-state index is 0.444. The second-order valence-electron chi connectivity index (χ2n) is 5.09. The van der Waals surface area contributed by atoms with Gasteiger partial charge < -0.3 is 9.47 Å². The summed E-state index contributed by atoms with van der Waals surface area (Å²) >= 11 is 3.64. The van der Waals surface area contributed by atoms with Crippen molar-refractivity contribution in [1.82, 2.24) is 0 Å². The first-order valence-corrected chi connectivity index (χ1v) is 7.18. The normalized spacial score (nSPS) is 29.8. The minimum Gasteiger partial charge on any atom is -0.381 e. The van der Waals surface area contributed by atoms with Crippen molar-refractivity contribution in [3.05, 3.63) is 0 Å². The summed E-state index contributed by atoms with van der Waals surface area (Å²) in [5.74, 6) is 0.652. The monoisotopic (exact) mass is 276 g/mol. The van der Waals surface area contributed by atoms with E-state index in [-0.39, 0.29) is 0 Å². The molecule has 15 heavy (non-hydrogen) atoms. The highest BCUT2D eigenvalue weighted by atomic mass is 79.9. The lowest BCUT2D eigenvalue weighted by molar-refractivity contribution is 0.0349. The van der Waals surface area contributed by atoms with Crippen LogP contribution in [-0.4, -0.2) is 31.8 Å². The van der Waals surface area contributed by atoms with Gasteiger partial charge in [0.15, 0.2) is 0 Å². The van der Waals surface area contributed by atoms with Crippen LogP contribution in [0.5, 0.6) is 0 Å². The van der Waals surface area contributed by atoms with Gasteiger partial charge in [-0.3, -0.25) is 0 Å². The maximum Gasteiger partial charge on any atom is 0.0530 e. The van der Waals surface area contributed by atoms with Crippen molar-refractivity contribution in [3.8, 4) is 0 Å². The van der Waals surface area contributed by atoms with E-state index in [4.69, 9.17) is 9.47 Å². The Morgan fingerprint density at radius 3 is 2.73 bits per heavy atom. The second-order valence-corrected chi connectivity index (χ2v) is 5.65. The number of hydrogen-bond donors (Lipinski definition) is 0. The first-order chi connectivity index (χ1) is 7.35. The van der Waals surface area contributed by atoms with Gasteiger partial charge >= 0.3 is 0 Å². The molecule has 1 saturated heterocycles. The Bertz CT molecular complexity index is 184. The van der Waals surface area contributed by atoms with Crippen molar-refractivity contribution < 1.29 is 9.47 Å². The molecule has 0 bridgehead atoms. The Hall–Kier alpha value is 0.400. The molecule has 2 aliphatic rings. The van der Waals surface area contributed by atoms with Crippen LogP contribution in [0.25, 0.3) is 0 Å². The number of alkyl halides is 1. The number of hydrogen-bond acceptors (Lipinski definition) is 2. The molecule has 0 spiro atoms. The Kier molecular flexibility index (Phi) is 4.47. The molecule has 88 valence electrons. The summed E-state index contributed by atoms with van der Waals surface area (Å²) in [6, 6.07) is 0. The zero-order valence-electron chi connectivity index (χ0n) is 9.34. The smallest absolute Gasteiger partial charge is 0.0530 e. The second kappa shape index (κ2) is 5.65. The highest BCUT2D eigenvalue weighted by molar-refractivity contribution is 9.09.